The number of anilines is 1. The standard InChI is InChI=1S/C13H15IN2O3/c14-9-4-3-5-10(8-9)15-12(19)16-13(11(17)18)6-1-2-7-13/h3-5,8H,1-2,6-7H2,(H,17,18)(H2,15,16,19). The van der Waals surface area contributed by atoms with Gasteiger partial charge < -0.3 is 15.7 Å². The smallest absolute Gasteiger partial charge is 0.329 e. The average Bonchev–Trinajstić information content (AvgIpc) is 2.78. The van der Waals surface area contributed by atoms with Gasteiger partial charge in [0.15, 0.2) is 0 Å². The molecule has 0 unspecified atom stereocenters. The molecule has 1 aliphatic carbocycles. The topological polar surface area (TPSA) is 78.4 Å². The molecule has 0 bridgehead atoms. The maximum absolute atomic E-state index is 11.9. The predicted molar refractivity (Wildman–Crippen MR) is 80.1 cm³/mol. The minimum Gasteiger partial charge on any atom is -0.480 e. The van der Waals surface area contributed by atoms with Gasteiger partial charge in [0, 0.05) is 9.26 Å². The molecule has 3 N–H and O–H groups in total. The Morgan fingerprint density at radius 2 is 1.95 bits per heavy atom. The molecule has 0 atom stereocenters. The van der Waals surface area contributed by atoms with E-state index in [4.69, 9.17) is 0 Å². The molecule has 0 heterocycles. The van der Waals surface area contributed by atoms with Gasteiger partial charge in [0.1, 0.15) is 5.54 Å². The van der Waals surface area contributed by atoms with Gasteiger partial charge in [-0.15, -0.1) is 0 Å². The summed E-state index contributed by atoms with van der Waals surface area (Å²) in [6, 6.07) is 6.87. The highest BCUT2D eigenvalue weighted by molar-refractivity contribution is 14.1. The monoisotopic (exact) mass is 374 g/mol. The van der Waals surface area contributed by atoms with Crippen LogP contribution in [0.15, 0.2) is 24.3 Å². The largest absolute Gasteiger partial charge is 0.480 e. The van der Waals surface area contributed by atoms with E-state index in [1.54, 1.807) is 6.07 Å². The second-order valence-electron chi connectivity index (χ2n) is 4.68. The summed E-state index contributed by atoms with van der Waals surface area (Å²) in [6.07, 6.45) is 2.63. The molecule has 1 saturated carbocycles. The molecule has 2 rings (SSSR count). The Morgan fingerprint density at radius 1 is 1.26 bits per heavy atom. The maximum atomic E-state index is 11.9. The van der Waals surface area contributed by atoms with Crippen LogP contribution in [0.4, 0.5) is 10.5 Å². The zero-order valence-corrected chi connectivity index (χ0v) is 12.4. The van der Waals surface area contributed by atoms with Crippen LogP contribution >= 0.6 is 22.6 Å². The molecular formula is C13H15IN2O3. The van der Waals surface area contributed by atoms with E-state index in [0.29, 0.717) is 18.5 Å². The van der Waals surface area contributed by atoms with Crippen molar-refractivity contribution in [3.8, 4) is 0 Å². The fraction of sp³-hybridized carbons (Fsp3) is 0.385. The first-order valence-corrected chi connectivity index (χ1v) is 7.18. The lowest BCUT2D eigenvalue weighted by atomic mass is 9.98. The summed E-state index contributed by atoms with van der Waals surface area (Å²) in [6.45, 7) is 0. The summed E-state index contributed by atoms with van der Waals surface area (Å²) in [4.78, 5) is 23.2. The van der Waals surface area contributed by atoms with E-state index in [-0.39, 0.29) is 0 Å². The first kappa shape index (κ1) is 14.1. The van der Waals surface area contributed by atoms with Crippen LogP contribution in [0, 0.1) is 3.57 Å². The van der Waals surface area contributed by atoms with E-state index in [2.05, 4.69) is 33.2 Å². The number of aliphatic carboxylic acids is 1. The van der Waals surface area contributed by atoms with Gasteiger partial charge in [-0.1, -0.05) is 18.9 Å². The molecule has 0 aliphatic heterocycles. The van der Waals surface area contributed by atoms with Gasteiger partial charge in [0.25, 0.3) is 0 Å². The number of nitrogens with one attached hydrogen (secondary N) is 2. The molecule has 1 aromatic carbocycles. The van der Waals surface area contributed by atoms with Crippen molar-refractivity contribution in [3.63, 3.8) is 0 Å². The summed E-state index contributed by atoms with van der Waals surface area (Å²) < 4.78 is 1.00. The highest BCUT2D eigenvalue weighted by Crippen LogP contribution is 2.30. The molecule has 102 valence electrons. The molecule has 0 aromatic heterocycles. The van der Waals surface area contributed by atoms with E-state index in [1.807, 2.05) is 18.2 Å². The van der Waals surface area contributed by atoms with E-state index in [1.165, 1.54) is 0 Å². The van der Waals surface area contributed by atoms with Gasteiger partial charge in [0.05, 0.1) is 0 Å². The van der Waals surface area contributed by atoms with E-state index >= 15 is 0 Å². The van der Waals surface area contributed by atoms with E-state index in [0.717, 1.165) is 16.4 Å². The second kappa shape index (κ2) is 5.77. The summed E-state index contributed by atoms with van der Waals surface area (Å²) in [7, 11) is 0. The van der Waals surface area contributed by atoms with Gasteiger partial charge in [-0.2, -0.15) is 0 Å². The Bertz CT molecular complexity index is 498. The number of benzene rings is 1. The van der Waals surface area contributed by atoms with Crippen molar-refractivity contribution >= 4 is 40.3 Å². The minimum atomic E-state index is -1.11. The molecule has 5 nitrogen and oxygen atoms in total. The van der Waals surface area contributed by atoms with Crippen molar-refractivity contribution in [3.05, 3.63) is 27.8 Å². The third-order valence-electron chi connectivity index (χ3n) is 3.30. The van der Waals surface area contributed by atoms with Crippen LogP contribution in [0.1, 0.15) is 25.7 Å². The molecule has 0 spiro atoms. The highest BCUT2D eigenvalue weighted by atomic mass is 127. The maximum Gasteiger partial charge on any atom is 0.329 e. The minimum absolute atomic E-state index is 0.466. The lowest BCUT2D eigenvalue weighted by Crippen LogP contribution is -2.53. The molecule has 1 aromatic rings. The van der Waals surface area contributed by atoms with Crippen LogP contribution in [-0.2, 0) is 4.79 Å². The third kappa shape index (κ3) is 3.37. The Labute approximate surface area is 124 Å². The van der Waals surface area contributed by atoms with Crippen LogP contribution < -0.4 is 10.6 Å². The summed E-state index contributed by atoms with van der Waals surface area (Å²) in [5.74, 6) is -0.956. The number of rotatable bonds is 3. The fourth-order valence-corrected chi connectivity index (χ4v) is 2.86. The summed E-state index contributed by atoms with van der Waals surface area (Å²) in [5, 5.41) is 14.6. The number of carbonyl (C=O) groups excluding carboxylic acids is 1. The SMILES string of the molecule is O=C(Nc1cccc(I)c1)NC1(C(=O)O)CCCC1. The molecule has 1 fully saturated rings. The summed E-state index contributed by atoms with van der Waals surface area (Å²) in [5.41, 5.74) is -0.450. The third-order valence-corrected chi connectivity index (χ3v) is 3.97. The van der Waals surface area contributed by atoms with Gasteiger partial charge in [-0.3, -0.25) is 0 Å². The molecule has 19 heavy (non-hydrogen) atoms. The molecule has 0 radical (unpaired) electrons. The van der Waals surface area contributed by atoms with Crippen molar-refractivity contribution in [2.75, 3.05) is 5.32 Å². The molecule has 6 heteroatoms. The van der Waals surface area contributed by atoms with Crippen molar-refractivity contribution in [1.82, 2.24) is 5.32 Å². The van der Waals surface area contributed by atoms with E-state index < -0.39 is 17.5 Å². The van der Waals surface area contributed by atoms with Crippen molar-refractivity contribution in [2.45, 2.75) is 31.2 Å². The lowest BCUT2D eigenvalue weighted by molar-refractivity contribution is -0.144. The average molecular weight is 374 g/mol. The van der Waals surface area contributed by atoms with Gasteiger partial charge >= 0.3 is 12.0 Å². The lowest BCUT2D eigenvalue weighted by Gasteiger charge is -2.25. The number of carbonyl (C=O) groups is 2. The number of halogens is 1. The molecule has 1 aliphatic rings. The number of carboxylic acids is 1. The van der Waals surface area contributed by atoms with Crippen molar-refractivity contribution < 1.29 is 14.7 Å². The Kier molecular flexibility index (Phi) is 4.28. The Balaban J connectivity index is 2.02. The van der Waals surface area contributed by atoms with Gasteiger partial charge in [-0.05, 0) is 53.6 Å². The van der Waals surface area contributed by atoms with Crippen LogP contribution in [-0.4, -0.2) is 22.6 Å². The molecule has 2 amide bonds. The second-order valence-corrected chi connectivity index (χ2v) is 5.93. The van der Waals surface area contributed by atoms with Gasteiger partial charge in [-0.25, -0.2) is 9.59 Å². The Hall–Kier alpha value is -1.31. The highest BCUT2D eigenvalue weighted by Gasteiger charge is 2.42. The van der Waals surface area contributed by atoms with Crippen LogP contribution in [0.2, 0.25) is 0 Å². The summed E-state index contributed by atoms with van der Waals surface area (Å²) >= 11 is 2.15. The number of carboxylic acid groups (broad SMARTS) is 1. The number of urea groups is 1. The number of hydrogen-bond donors (Lipinski definition) is 3. The molecule has 0 saturated heterocycles. The number of amides is 2. The Morgan fingerprint density at radius 3 is 2.53 bits per heavy atom. The first-order chi connectivity index (χ1) is 9.02. The zero-order valence-electron chi connectivity index (χ0n) is 10.3. The van der Waals surface area contributed by atoms with Crippen LogP contribution in [0.25, 0.3) is 0 Å². The van der Waals surface area contributed by atoms with Crippen LogP contribution in [0.5, 0.6) is 0 Å². The first-order valence-electron chi connectivity index (χ1n) is 6.10. The zero-order chi connectivity index (χ0) is 13.9. The number of hydrogen-bond acceptors (Lipinski definition) is 2. The van der Waals surface area contributed by atoms with Crippen LogP contribution in [0.3, 0.4) is 0 Å². The van der Waals surface area contributed by atoms with Crippen molar-refractivity contribution in [1.29, 1.82) is 0 Å². The normalized spacial score (nSPS) is 16.9. The quantitative estimate of drug-likeness (QED) is 0.712. The molecular weight excluding hydrogens is 359 g/mol. The fourth-order valence-electron chi connectivity index (χ4n) is 2.32. The predicted octanol–water partition coefficient (Wildman–Crippen LogP) is 2.81. The van der Waals surface area contributed by atoms with Crippen molar-refractivity contribution in [2.24, 2.45) is 0 Å². The van der Waals surface area contributed by atoms with E-state index in [9.17, 15) is 14.7 Å². The van der Waals surface area contributed by atoms with Gasteiger partial charge in [0.2, 0.25) is 0 Å².